The van der Waals surface area contributed by atoms with Crippen LogP contribution in [0.4, 0.5) is 0 Å². The molecule has 0 saturated carbocycles. The van der Waals surface area contributed by atoms with E-state index in [0.29, 0.717) is 11.1 Å². The summed E-state index contributed by atoms with van der Waals surface area (Å²) in [5.74, 6) is 0. The first-order valence-corrected chi connectivity index (χ1v) is 15.9. The largest absolute Gasteiger partial charge is 0.309 e. The Morgan fingerprint density at radius 1 is 0.417 bits per heavy atom. The number of nitrogens with zero attached hydrogens (tertiary/aromatic N) is 4. The van der Waals surface area contributed by atoms with E-state index in [1.54, 1.807) is 6.07 Å². The van der Waals surface area contributed by atoms with Gasteiger partial charge >= 0.3 is 0 Å². The van der Waals surface area contributed by atoms with Crippen LogP contribution in [0, 0.1) is 22.7 Å². The minimum atomic E-state index is 0.453. The molecular formula is C44H26N4. The van der Waals surface area contributed by atoms with Gasteiger partial charge in [0.1, 0.15) is 6.07 Å². The molecule has 9 aromatic rings. The predicted molar refractivity (Wildman–Crippen MR) is 195 cm³/mol. The lowest BCUT2D eigenvalue weighted by Crippen LogP contribution is -2.02. The third kappa shape index (κ3) is 4.07. The molecule has 0 spiro atoms. The molecule has 0 bridgehead atoms. The second kappa shape index (κ2) is 10.9. The number of aromatic nitrogens is 2. The van der Waals surface area contributed by atoms with Gasteiger partial charge in [-0.3, -0.25) is 0 Å². The molecule has 0 fully saturated rings. The van der Waals surface area contributed by atoms with E-state index in [2.05, 4.69) is 124 Å². The molecule has 0 aliphatic carbocycles. The van der Waals surface area contributed by atoms with Crippen molar-refractivity contribution in [3.63, 3.8) is 0 Å². The van der Waals surface area contributed by atoms with Gasteiger partial charge in [-0.15, -0.1) is 0 Å². The van der Waals surface area contributed by atoms with Crippen molar-refractivity contribution in [2.75, 3.05) is 0 Å². The standard InChI is InChI=1S/C44H26N4/c45-27-29-24-32(28-46)44(38(25-29)30-12-3-1-4-13-30)48-40-20-10-8-17-37(40)43-34(18-11-21-41(43)48)31-22-23-36-35-16-7-9-19-39(35)47(42(36)26-31)33-14-5-2-6-15-33/h1-26H. The van der Waals surface area contributed by atoms with E-state index in [1.807, 2.05) is 48.5 Å². The van der Waals surface area contributed by atoms with Gasteiger partial charge in [-0.2, -0.15) is 10.5 Å². The van der Waals surface area contributed by atoms with Gasteiger partial charge < -0.3 is 9.13 Å². The summed E-state index contributed by atoms with van der Waals surface area (Å²) in [5, 5.41) is 25.0. The lowest BCUT2D eigenvalue weighted by Gasteiger charge is -2.16. The SMILES string of the molecule is N#Cc1cc(C#N)c(-n2c3ccccc3c3c(-c4ccc5c6ccccc6n(-c6ccccc6)c5c4)cccc32)c(-c2ccccc2)c1. The van der Waals surface area contributed by atoms with Gasteiger partial charge in [-0.1, -0.05) is 109 Å². The van der Waals surface area contributed by atoms with Gasteiger partial charge in [0.15, 0.2) is 0 Å². The molecule has 7 aromatic carbocycles. The van der Waals surface area contributed by atoms with Crippen LogP contribution in [0.15, 0.2) is 158 Å². The number of hydrogen-bond donors (Lipinski definition) is 0. The zero-order valence-corrected chi connectivity index (χ0v) is 25.8. The maximum Gasteiger partial charge on any atom is 0.101 e. The van der Waals surface area contributed by atoms with Gasteiger partial charge in [0.25, 0.3) is 0 Å². The van der Waals surface area contributed by atoms with E-state index in [1.165, 1.54) is 16.3 Å². The lowest BCUT2D eigenvalue weighted by atomic mass is 9.97. The molecule has 0 amide bonds. The maximum atomic E-state index is 10.5. The van der Waals surface area contributed by atoms with E-state index in [4.69, 9.17) is 0 Å². The maximum absolute atomic E-state index is 10.5. The Kier molecular flexibility index (Phi) is 6.22. The molecule has 4 heteroatoms. The molecule has 0 aliphatic rings. The smallest absolute Gasteiger partial charge is 0.101 e. The van der Waals surface area contributed by atoms with Crippen molar-refractivity contribution in [1.29, 1.82) is 10.5 Å². The van der Waals surface area contributed by atoms with Crippen molar-refractivity contribution in [1.82, 2.24) is 9.13 Å². The fraction of sp³-hybridized carbons (Fsp3) is 0. The molecule has 0 unspecified atom stereocenters. The van der Waals surface area contributed by atoms with Crippen LogP contribution in [-0.2, 0) is 0 Å². The highest BCUT2D eigenvalue weighted by molar-refractivity contribution is 6.17. The molecule has 2 heterocycles. The predicted octanol–water partition coefficient (Wildman–Crippen LogP) is 11.0. The van der Waals surface area contributed by atoms with Crippen LogP contribution >= 0.6 is 0 Å². The number of benzene rings is 7. The lowest BCUT2D eigenvalue weighted by molar-refractivity contribution is 1.17. The van der Waals surface area contributed by atoms with Gasteiger partial charge in [0.2, 0.25) is 0 Å². The zero-order chi connectivity index (χ0) is 32.2. The van der Waals surface area contributed by atoms with Crippen LogP contribution in [0.3, 0.4) is 0 Å². The first-order chi connectivity index (χ1) is 23.7. The number of fused-ring (bicyclic) bond motifs is 6. The Hall–Kier alpha value is -6.88. The van der Waals surface area contributed by atoms with Gasteiger partial charge in [-0.25, -0.2) is 0 Å². The Bertz CT molecular complexity index is 2790. The minimum Gasteiger partial charge on any atom is -0.309 e. The Morgan fingerprint density at radius 3 is 1.81 bits per heavy atom. The number of para-hydroxylation sites is 3. The van der Waals surface area contributed by atoms with Gasteiger partial charge in [-0.05, 0) is 65.2 Å². The van der Waals surface area contributed by atoms with Crippen LogP contribution in [-0.4, -0.2) is 9.13 Å². The second-order valence-electron chi connectivity index (χ2n) is 12.0. The summed E-state index contributed by atoms with van der Waals surface area (Å²) in [4.78, 5) is 0. The van der Waals surface area contributed by atoms with Crippen LogP contribution in [0.5, 0.6) is 0 Å². The highest BCUT2D eigenvalue weighted by atomic mass is 15.0. The van der Waals surface area contributed by atoms with E-state index < -0.39 is 0 Å². The molecule has 222 valence electrons. The Balaban J connectivity index is 1.37. The fourth-order valence-electron chi connectivity index (χ4n) is 7.36. The monoisotopic (exact) mass is 610 g/mol. The number of rotatable bonds is 4. The number of hydrogen-bond acceptors (Lipinski definition) is 2. The summed E-state index contributed by atoms with van der Waals surface area (Å²) in [5.41, 5.74) is 11.1. The molecule has 0 N–H and O–H groups in total. The average Bonchev–Trinajstić information content (AvgIpc) is 3.67. The van der Waals surface area contributed by atoms with Crippen molar-refractivity contribution in [3.05, 3.63) is 169 Å². The van der Waals surface area contributed by atoms with Crippen molar-refractivity contribution in [2.45, 2.75) is 0 Å². The first kappa shape index (κ1) is 27.4. The van der Waals surface area contributed by atoms with Crippen LogP contribution < -0.4 is 0 Å². The third-order valence-corrected chi connectivity index (χ3v) is 9.36. The molecule has 48 heavy (non-hydrogen) atoms. The summed E-state index contributed by atoms with van der Waals surface area (Å²) in [6.45, 7) is 0. The van der Waals surface area contributed by atoms with E-state index >= 15 is 0 Å². The molecule has 0 aliphatic heterocycles. The van der Waals surface area contributed by atoms with E-state index in [-0.39, 0.29) is 0 Å². The average molecular weight is 611 g/mol. The quantitative estimate of drug-likeness (QED) is 0.199. The normalized spacial score (nSPS) is 11.3. The minimum absolute atomic E-state index is 0.453. The summed E-state index contributed by atoms with van der Waals surface area (Å²) in [6, 6.07) is 59.0. The second-order valence-corrected chi connectivity index (χ2v) is 12.0. The summed E-state index contributed by atoms with van der Waals surface area (Å²) < 4.78 is 4.55. The summed E-state index contributed by atoms with van der Waals surface area (Å²) in [7, 11) is 0. The van der Waals surface area contributed by atoms with Crippen molar-refractivity contribution >= 4 is 43.6 Å². The highest BCUT2D eigenvalue weighted by Gasteiger charge is 2.22. The molecule has 4 nitrogen and oxygen atoms in total. The molecular weight excluding hydrogens is 585 g/mol. The number of nitriles is 2. The van der Waals surface area contributed by atoms with Crippen molar-refractivity contribution < 1.29 is 0 Å². The van der Waals surface area contributed by atoms with E-state index in [9.17, 15) is 10.5 Å². The fourth-order valence-corrected chi connectivity index (χ4v) is 7.36. The molecule has 9 rings (SSSR count). The Morgan fingerprint density at radius 2 is 1.06 bits per heavy atom. The molecule has 0 atom stereocenters. The Labute approximate surface area is 277 Å². The summed E-state index contributed by atoms with van der Waals surface area (Å²) in [6.07, 6.45) is 0. The summed E-state index contributed by atoms with van der Waals surface area (Å²) >= 11 is 0. The van der Waals surface area contributed by atoms with Crippen molar-refractivity contribution in [3.8, 4) is 45.8 Å². The topological polar surface area (TPSA) is 57.4 Å². The van der Waals surface area contributed by atoms with Gasteiger partial charge in [0, 0.05) is 32.8 Å². The molecule has 2 aromatic heterocycles. The highest BCUT2D eigenvalue weighted by Crippen LogP contribution is 2.43. The van der Waals surface area contributed by atoms with E-state index in [0.717, 1.165) is 61.0 Å². The molecule has 0 saturated heterocycles. The van der Waals surface area contributed by atoms with Gasteiger partial charge in [0.05, 0.1) is 45.0 Å². The van der Waals surface area contributed by atoms with Crippen LogP contribution in [0.1, 0.15) is 11.1 Å². The third-order valence-electron chi connectivity index (χ3n) is 9.36. The van der Waals surface area contributed by atoms with Crippen LogP contribution in [0.2, 0.25) is 0 Å². The zero-order valence-electron chi connectivity index (χ0n) is 25.8. The first-order valence-electron chi connectivity index (χ1n) is 15.9. The van der Waals surface area contributed by atoms with Crippen LogP contribution in [0.25, 0.3) is 77.2 Å². The molecule has 0 radical (unpaired) electrons. The van der Waals surface area contributed by atoms with Crippen molar-refractivity contribution in [2.24, 2.45) is 0 Å².